The van der Waals surface area contributed by atoms with Gasteiger partial charge in [-0.05, 0) is 37.4 Å². The van der Waals surface area contributed by atoms with E-state index in [0.717, 1.165) is 11.4 Å². The Bertz CT molecular complexity index is 857. The van der Waals surface area contributed by atoms with Crippen LogP contribution in [0.5, 0.6) is 0 Å². The summed E-state index contributed by atoms with van der Waals surface area (Å²) in [7, 11) is 3.83. The maximum absolute atomic E-state index is 12.7. The average molecular weight is 418 g/mol. The van der Waals surface area contributed by atoms with Gasteiger partial charge in [-0.15, -0.1) is 11.3 Å². The zero-order valence-corrected chi connectivity index (χ0v) is 17.7. The minimum absolute atomic E-state index is 0.0464. The molecule has 4 rings (SSSR count). The molecule has 2 fully saturated rings. The van der Waals surface area contributed by atoms with Crippen LogP contribution < -0.4 is 5.32 Å². The Hall–Kier alpha value is -2.23. The van der Waals surface area contributed by atoms with Crippen LogP contribution >= 0.6 is 11.3 Å². The fourth-order valence-corrected chi connectivity index (χ4v) is 4.78. The van der Waals surface area contributed by atoms with Crippen molar-refractivity contribution in [1.82, 2.24) is 24.9 Å². The number of nitrogens with one attached hydrogen (secondary N) is 1. The molecule has 0 unspecified atom stereocenters. The van der Waals surface area contributed by atoms with E-state index < -0.39 is 11.7 Å². The van der Waals surface area contributed by atoms with E-state index in [1.54, 1.807) is 35.3 Å². The van der Waals surface area contributed by atoms with Crippen molar-refractivity contribution < 1.29 is 14.3 Å². The molecule has 2 aromatic rings. The second kappa shape index (κ2) is 8.25. The number of hydrogen-bond donors (Lipinski definition) is 1. The molecule has 0 aliphatic carbocycles. The van der Waals surface area contributed by atoms with Gasteiger partial charge in [-0.3, -0.25) is 14.3 Å². The number of aryl methyl sites for hydroxylation is 1. The summed E-state index contributed by atoms with van der Waals surface area (Å²) in [5.41, 5.74) is 0.0784. The first-order chi connectivity index (χ1) is 13.9. The number of amides is 2. The molecule has 29 heavy (non-hydrogen) atoms. The number of rotatable bonds is 4. The number of likely N-dealkylation sites (tertiary alicyclic amines) is 1. The molecule has 2 saturated heterocycles. The number of piperidine rings is 1. The van der Waals surface area contributed by atoms with Gasteiger partial charge in [0.1, 0.15) is 11.8 Å². The topological polar surface area (TPSA) is 79.7 Å². The Morgan fingerprint density at radius 1 is 1.31 bits per heavy atom. The molecule has 2 aliphatic heterocycles. The molecule has 9 heteroatoms. The fourth-order valence-electron chi connectivity index (χ4n) is 4.14. The van der Waals surface area contributed by atoms with Gasteiger partial charge in [0.25, 0.3) is 11.8 Å². The highest BCUT2D eigenvalue weighted by atomic mass is 32.1. The van der Waals surface area contributed by atoms with Gasteiger partial charge in [0.05, 0.1) is 12.1 Å². The van der Waals surface area contributed by atoms with Crippen molar-refractivity contribution in [3.05, 3.63) is 40.3 Å². The van der Waals surface area contributed by atoms with Crippen molar-refractivity contribution in [3.63, 3.8) is 0 Å². The minimum Gasteiger partial charge on any atom is -0.359 e. The monoisotopic (exact) mass is 417 g/mol. The van der Waals surface area contributed by atoms with E-state index in [1.807, 2.05) is 29.5 Å². The summed E-state index contributed by atoms with van der Waals surface area (Å²) in [5, 5.41) is 9.21. The third-order valence-electron chi connectivity index (χ3n) is 5.63. The van der Waals surface area contributed by atoms with E-state index in [-0.39, 0.29) is 11.8 Å². The van der Waals surface area contributed by atoms with Gasteiger partial charge in [0, 0.05) is 44.3 Å². The van der Waals surface area contributed by atoms with Crippen molar-refractivity contribution in [2.45, 2.75) is 31.1 Å². The lowest BCUT2D eigenvalue weighted by Gasteiger charge is -2.48. The number of aromatic nitrogens is 2. The molecule has 4 heterocycles. The molecule has 0 bridgehead atoms. The number of thiophene rings is 1. The van der Waals surface area contributed by atoms with Crippen LogP contribution in [0.15, 0.2) is 29.8 Å². The molecule has 1 N–H and O–H groups in total. The van der Waals surface area contributed by atoms with Gasteiger partial charge in [-0.2, -0.15) is 5.10 Å². The average Bonchev–Trinajstić information content (AvgIpc) is 3.37. The summed E-state index contributed by atoms with van der Waals surface area (Å²) in [6.07, 6.45) is 2.71. The van der Waals surface area contributed by atoms with E-state index in [0.29, 0.717) is 44.7 Å². The van der Waals surface area contributed by atoms with Crippen molar-refractivity contribution in [2.75, 3.05) is 33.2 Å². The summed E-state index contributed by atoms with van der Waals surface area (Å²) in [4.78, 5) is 30.5. The molecule has 8 nitrogen and oxygen atoms in total. The highest BCUT2D eigenvalue weighted by Crippen LogP contribution is 2.32. The SMILES string of the molecule is CN1C[C@@H](C(=O)NCc2cccs2)OC2(CCN(C(=O)c3ccn(C)n3)CC2)C1. The van der Waals surface area contributed by atoms with Crippen molar-refractivity contribution >= 4 is 23.2 Å². The minimum atomic E-state index is -0.494. The van der Waals surface area contributed by atoms with E-state index >= 15 is 0 Å². The Labute approximate surface area is 174 Å². The molecule has 0 saturated carbocycles. The quantitative estimate of drug-likeness (QED) is 0.806. The number of carbonyl (C=O) groups excluding carboxylic acids is 2. The third kappa shape index (κ3) is 4.52. The maximum Gasteiger partial charge on any atom is 0.274 e. The number of likely N-dealkylation sites (N-methyl/N-ethyl adjacent to an activating group) is 1. The molecule has 1 atom stereocenters. The summed E-state index contributed by atoms with van der Waals surface area (Å²) in [5.74, 6) is -0.119. The zero-order valence-electron chi connectivity index (χ0n) is 16.8. The lowest BCUT2D eigenvalue weighted by Crippen LogP contribution is -2.61. The maximum atomic E-state index is 12.7. The summed E-state index contributed by atoms with van der Waals surface area (Å²) < 4.78 is 7.98. The first-order valence-electron chi connectivity index (χ1n) is 9.89. The predicted octanol–water partition coefficient (Wildman–Crippen LogP) is 1.10. The standard InChI is InChI=1S/C20H27N5O3S/c1-23-13-17(18(26)21-12-15-4-3-11-29-15)28-20(14-23)6-9-25(10-7-20)19(27)16-5-8-24(2)22-16/h3-5,8,11,17H,6-7,9-10,12-14H2,1-2H3,(H,21,26)/t17-/m0/s1. The van der Waals surface area contributed by atoms with Crippen LogP contribution in [0.3, 0.4) is 0 Å². The predicted molar refractivity (Wildman–Crippen MR) is 110 cm³/mol. The lowest BCUT2D eigenvalue weighted by molar-refractivity contribution is -0.180. The molecule has 2 aromatic heterocycles. The highest BCUT2D eigenvalue weighted by Gasteiger charge is 2.44. The molecule has 2 aliphatic rings. The van der Waals surface area contributed by atoms with Crippen LogP contribution in [0.4, 0.5) is 0 Å². The van der Waals surface area contributed by atoms with Crippen LogP contribution in [0.2, 0.25) is 0 Å². The number of nitrogens with zero attached hydrogens (tertiary/aromatic N) is 4. The first kappa shape index (κ1) is 20.1. The summed E-state index contributed by atoms with van der Waals surface area (Å²) in [6.45, 7) is 3.08. The molecular formula is C20H27N5O3S. The molecule has 2 amide bonds. The van der Waals surface area contributed by atoms with Gasteiger partial charge >= 0.3 is 0 Å². The summed E-state index contributed by atoms with van der Waals surface area (Å²) >= 11 is 1.63. The Morgan fingerprint density at radius 3 is 2.76 bits per heavy atom. The fraction of sp³-hybridized carbons (Fsp3) is 0.550. The largest absolute Gasteiger partial charge is 0.359 e. The highest BCUT2D eigenvalue weighted by molar-refractivity contribution is 7.09. The van der Waals surface area contributed by atoms with Gasteiger partial charge in [-0.1, -0.05) is 6.07 Å². The molecule has 0 aromatic carbocycles. The number of morpholine rings is 1. The number of ether oxygens (including phenoxy) is 1. The van der Waals surface area contributed by atoms with Crippen molar-refractivity contribution in [1.29, 1.82) is 0 Å². The van der Waals surface area contributed by atoms with Gasteiger partial charge in [0.2, 0.25) is 0 Å². The van der Waals surface area contributed by atoms with Gasteiger partial charge in [-0.25, -0.2) is 0 Å². The van der Waals surface area contributed by atoms with Crippen LogP contribution in [0, 0.1) is 0 Å². The lowest BCUT2D eigenvalue weighted by atomic mass is 9.88. The van der Waals surface area contributed by atoms with Crippen LogP contribution in [-0.4, -0.2) is 76.3 Å². The molecular weight excluding hydrogens is 390 g/mol. The van der Waals surface area contributed by atoms with Crippen LogP contribution in [0.1, 0.15) is 28.2 Å². The van der Waals surface area contributed by atoms with E-state index in [4.69, 9.17) is 4.74 Å². The second-order valence-corrected chi connectivity index (χ2v) is 8.98. The second-order valence-electron chi connectivity index (χ2n) is 7.95. The zero-order chi connectivity index (χ0) is 20.4. The van der Waals surface area contributed by atoms with Crippen LogP contribution in [-0.2, 0) is 23.1 Å². The van der Waals surface area contributed by atoms with Crippen LogP contribution in [0.25, 0.3) is 0 Å². The Kier molecular flexibility index (Phi) is 5.71. The first-order valence-corrected chi connectivity index (χ1v) is 10.8. The van der Waals surface area contributed by atoms with E-state index in [2.05, 4.69) is 15.3 Å². The van der Waals surface area contributed by atoms with Gasteiger partial charge < -0.3 is 19.9 Å². The normalized spacial score (nSPS) is 22.0. The van der Waals surface area contributed by atoms with Crippen molar-refractivity contribution in [3.8, 4) is 0 Å². The van der Waals surface area contributed by atoms with Gasteiger partial charge in [0.15, 0.2) is 0 Å². The molecule has 156 valence electrons. The number of carbonyl (C=O) groups is 2. The number of hydrogen-bond acceptors (Lipinski definition) is 6. The Morgan fingerprint density at radius 2 is 2.10 bits per heavy atom. The molecule has 0 radical (unpaired) electrons. The summed E-state index contributed by atoms with van der Waals surface area (Å²) in [6, 6.07) is 5.73. The van der Waals surface area contributed by atoms with E-state index in [1.165, 1.54) is 0 Å². The smallest absolute Gasteiger partial charge is 0.274 e. The van der Waals surface area contributed by atoms with E-state index in [9.17, 15) is 9.59 Å². The Balaban J connectivity index is 1.35. The van der Waals surface area contributed by atoms with Crippen molar-refractivity contribution in [2.24, 2.45) is 7.05 Å². The molecule has 1 spiro atoms. The third-order valence-corrected chi connectivity index (χ3v) is 6.51.